The van der Waals surface area contributed by atoms with E-state index in [9.17, 15) is 4.79 Å². The van der Waals surface area contributed by atoms with Crippen molar-refractivity contribution in [1.29, 1.82) is 0 Å². The SMILES string of the molecule is CN=C(NCCNC(=O)c1ccc(OC)cc1)NCc1oc2ccccc2c1C.I. The summed E-state index contributed by atoms with van der Waals surface area (Å²) in [5.74, 6) is 2.11. The molecular formula is C22H27IN4O3. The van der Waals surface area contributed by atoms with Crippen LogP contribution in [0, 0.1) is 6.92 Å². The number of methoxy groups -OCH3 is 1. The van der Waals surface area contributed by atoms with Gasteiger partial charge in [0.25, 0.3) is 5.91 Å². The molecule has 7 nitrogen and oxygen atoms in total. The van der Waals surface area contributed by atoms with E-state index in [1.165, 1.54) is 0 Å². The number of carbonyl (C=O) groups is 1. The topological polar surface area (TPSA) is 87.9 Å². The molecule has 1 aromatic heterocycles. The number of furan rings is 1. The Labute approximate surface area is 193 Å². The molecule has 0 atom stereocenters. The molecule has 0 saturated carbocycles. The van der Waals surface area contributed by atoms with Crippen molar-refractivity contribution in [2.45, 2.75) is 13.5 Å². The number of hydrogen-bond acceptors (Lipinski definition) is 4. The summed E-state index contributed by atoms with van der Waals surface area (Å²) >= 11 is 0. The normalized spacial score (nSPS) is 11.0. The summed E-state index contributed by atoms with van der Waals surface area (Å²) in [6.45, 7) is 3.59. The van der Waals surface area contributed by atoms with Gasteiger partial charge in [-0.25, -0.2) is 0 Å². The predicted octanol–water partition coefficient (Wildman–Crippen LogP) is 3.46. The van der Waals surface area contributed by atoms with Gasteiger partial charge in [0.2, 0.25) is 0 Å². The zero-order chi connectivity index (χ0) is 20.6. The van der Waals surface area contributed by atoms with Crippen LogP contribution in [-0.2, 0) is 6.54 Å². The summed E-state index contributed by atoms with van der Waals surface area (Å²) < 4.78 is 11.0. The molecule has 0 aliphatic heterocycles. The zero-order valence-electron chi connectivity index (χ0n) is 17.3. The minimum atomic E-state index is -0.129. The fourth-order valence-corrected chi connectivity index (χ4v) is 2.98. The molecule has 0 aliphatic carbocycles. The lowest BCUT2D eigenvalue weighted by Gasteiger charge is -2.12. The van der Waals surface area contributed by atoms with E-state index >= 15 is 0 Å². The van der Waals surface area contributed by atoms with E-state index in [0.717, 1.165) is 28.0 Å². The number of guanidine groups is 1. The molecule has 0 bridgehead atoms. The summed E-state index contributed by atoms with van der Waals surface area (Å²) in [5, 5.41) is 10.4. The lowest BCUT2D eigenvalue weighted by Crippen LogP contribution is -2.41. The van der Waals surface area contributed by atoms with E-state index in [1.807, 2.05) is 25.1 Å². The first-order chi connectivity index (χ1) is 14.1. The van der Waals surface area contributed by atoms with E-state index in [0.29, 0.717) is 31.2 Å². The predicted molar refractivity (Wildman–Crippen MR) is 130 cm³/mol. The van der Waals surface area contributed by atoms with Crippen LogP contribution in [0.1, 0.15) is 21.7 Å². The molecule has 30 heavy (non-hydrogen) atoms. The highest BCUT2D eigenvalue weighted by Crippen LogP contribution is 2.24. The Morgan fingerprint density at radius 1 is 1.03 bits per heavy atom. The Kier molecular flexibility index (Phi) is 8.97. The number of halogens is 1. The number of nitrogens with one attached hydrogen (secondary N) is 3. The minimum Gasteiger partial charge on any atom is -0.497 e. The molecule has 0 radical (unpaired) electrons. The Hall–Kier alpha value is -2.75. The number of aliphatic imine (C=N–C) groups is 1. The number of benzene rings is 2. The van der Waals surface area contributed by atoms with Crippen molar-refractivity contribution in [3.63, 3.8) is 0 Å². The third kappa shape index (κ3) is 5.88. The first kappa shape index (κ1) is 23.5. The number of para-hydroxylation sites is 1. The monoisotopic (exact) mass is 522 g/mol. The van der Waals surface area contributed by atoms with Gasteiger partial charge in [-0.2, -0.15) is 0 Å². The standard InChI is InChI=1S/C22H26N4O3.HI/c1-15-18-6-4-5-7-19(18)29-20(15)14-26-22(23-2)25-13-12-24-21(27)16-8-10-17(28-3)11-9-16;/h4-11H,12-14H2,1-3H3,(H,24,27)(H2,23,25,26);1H. The first-order valence-electron chi connectivity index (χ1n) is 9.46. The van der Waals surface area contributed by atoms with Gasteiger partial charge in [0.1, 0.15) is 17.1 Å². The van der Waals surface area contributed by atoms with E-state index in [1.54, 1.807) is 38.4 Å². The first-order valence-corrected chi connectivity index (χ1v) is 9.46. The van der Waals surface area contributed by atoms with Crippen molar-refractivity contribution in [3.8, 4) is 5.75 Å². The molecule has 160 valence electrons. The second-order valence-corrected chi connectivity index (χ2v) is 6.48. The number of ether oxygens (including phenoxy) is 1. The smallest absolute Gasteiger partial charge is 0.251 e. The van der Waals surface area contributed by atoms with Crippen LogP contribution in [0.25, 0.3) is 11.0 Å². The van der Waals surface area contributed by atoms with Crippen molar-refractivity contribution in [3.05, 3.63) is 65.4 Å². The van der Waals surface area contributed by atoms with Crippen LogP contribution in [0.3, 0.4) is 0 Å². The third-order valence-electron chi connectivity index (χ3n) is 4.64. The quantitative estimate of drug-likeness (QED) is 0.192. The second-order valence-electron chi connectivity index (χ2n) is 6.48. The van der Waals surface area contributed by atoms with Crippen LogP contribution in [0.2, 0.25) is 0 Å². The van der Waals surface area contributed by atoms with Crippen LogP contribution in [-0.4, -0.2) is 39.1 Å². The number of fused-ring (bicyclic) bond motifs is 1. The summed E-state index contributed by atoms with van der Waals surface area (Å²) in [6.07, 6.45) is 0. The average Bonchev–Trinajstić information content (AvgIpc) is 3.09. The molecule has 0 spiro atoms. The van der Waals surface area contributed by atoms with Crippen molar-refractivity contribution < 1.29 is 13.9 Å². The van der Waals surface area contributed by atoms with Crippen LogP contribution >= 0.6 is 24.0 Å². The highest BCUT2D eigenvalue weighted by molar-refractivity contribution is 14.0. The Balaban J connectivity index is 0.00000320. The number of nitrogens with zero attached hydrogens (tertiary/aromatic N) is 1. The molecule has 3 rings (SSSR count). The number of rotatable bonds is 7. The van der Waals surface area contributed by atoms with Crippen molar-refractivity contribution in [2.24, 2.45) is 4.99 Å². The average molecular weight is 522 g/mol. The van der Waals surface area contributed by atoms with Gasteiger partial charge < -0.3 is 25.1 Å². The molecule has 0 aliphatic rings. The van der Waals surface area contributed by atoms with Gasteiger partial charge in [-0.15, -0.1) is 24.0 Å². The Morgan fingerprint density at radius 3 is 2.40 bits per heavy atom. The maximum atomic E-state index is 12.2. The molecular weight excluding hydrogens is 495 g/mol. The van der Waals surface area contributed by atoms with Gasteiger partial charge in [0.15, 0.2) is 5.96 Å². The third-order valence-corrected chi connectivity index (χ3v) is 4.64. The van der Waals surface area contributed by atoms with Gasteiger partial charge in [-0.3, -0.25) is 9.79 Å². The Morgan fingerprint density at radius 2 is 1.73 bits per heavy atom. The number of amides is 1. The van der Waals surface area contributed by atoms with Crippen molar-refractivity contribution in [2.75, 3.05) is 27.2 Å². The number of carbonyl (C=O) groups excluding carboxylic acids is 1. The summed E-state index contributed by atoms with van der Waals surface area (Å²) in [4.78, 5) is 16.4. The van der Waals surface area contributed by atoms with Gasteiger partial charge in [-0.1, -0.05) is 18.2 Å². The lowest BCUT2D eigenvalue weighted by molar-refractivity contribution is 0.0954. The van der Waals surface area contributed by atoms with Gasteiger partial charge in [-0.05, 0) is 37.3 Å². The summed E-state index contributed by atoms with van der Waals surface area (Å²) in [7, 11) is 3.30. The van der Waals surface area contributed by atoms with Gasteiger partial charge >= 0.3 is 0 Å². The fraction of sp³-hybridized carbons (Fsp3) is 0.273. The van der Waals surface area contributed by atoms with Gasteiger partial charge in [0, 0.05) is 36.7 Å². The highest BCUT2D eigenvalue weighted by atomic mass is 127. The molecule has 0 saturated heterocycles. The van der Waals surface area contributed by atoms with E-state index in [-0.39, 0.29) is 29.9 Å². The second kappa shape index (κ2) is 11.4. The van der Waals surface area contributed by atoms with Gasteiger partial charge in [0.05, 0.1) is 13.7 Å². The lowest BCUT2D eigenvalue weighted by atomic mass is 10.1. The van der Waals surface area contributed by atoms with E-state index in [2.05, 4.69) is 27.0 Å². The Bertz CT molecular complexity index is 999. The van der Waals surface area contributed by atoms with E-state index in [4.69, 9.17) is 9.15 Å². The number of hydrogen-bond donors (Lipinski definition) is 3. The summed E-state index contributed by atoms with van der Waals surface area (Å²) in [5.41, 5.74) is 2.59. The maximum Gasteiger partial charge on any atom is 0.251 e. The van der Waals surface area contributed by atoms with Crippen LogP contribution < -0.4 is 20.7 Å². The summed E-state index contributed by atoms with van der Waals surface area (Å²) in [6, 6.07) is 15.0. The minimum absolute atomic E-state index is 0. The molecule has 3 aromatic rings. The molecule has 1 amide bonds. The number of aryl methyl sites for hydroxylation is 1. The van der Waals surface area contributed by atoms with Crippen LogP contribution in [0.4, 0.5) is 0 Å². The van der Waals surface area contributed by atoms with Crippen LogP contribution in [0.15, 0.2) is 57.9 Å². The molecule has 1 heterocycles. The molecule has 8 heteroatoms. The molecule has 2 aromatic carbocycles. The maximum absolute atomic E-state index is 12.2. The molecule has 0 fully saturated rings. The highest BCUT2D eigenvalue weighted by Gasteiger charge is 2.10. The molecule has 3 N–H and O–H groups in total. The van der Waals surface area contributed by atoms with Crippen LogP contribution in [0.5, 0.6) is 5.75 Å². The zero-order valence-corrected chi connectivity index (χ0v) is 19.7. The van der Waals surface area contributed by atoms with E-state index < -0.39 is 0 Å². The largest absolute Gasteiger partial charge is 0.497 e. The fourth-order valence-electron chi connectivity index (χ4n) is 2.98. The van der Waals surface area contributed by atoms with Crippen molar-refractivity contribution in [1.82, 2.24) is 16.0 Å². The van der Waals surface area contributed by atoms with Crippen molar-refractivity contribution >= 4 is 46.8 Å². The molecule has 0 unspecified atom stereocenters.